The summed E-state index contributed by atoms with van der Waals surface area (Å²) in [4.78, 5) is 8.19. The maximum Gasteiger partial charge on any atom is 0.232 e. The summed E-state index contributed by atoms with van der Waals surface area (Å²) in [5.41, 5.74) is 1.15. The van der Waals surface area contributed by atoms with Crippen LogP contribution in [0.4, 0.5) is 0 Å². The fourth-order valence-corrected chi connectivity index (χ4v) is 3.78. The van der Waals surface area contributed by atoms with E-state index in [2.05, 4.69) is 33.7 Å². The van der Waals surface area contributed by atoms with E-state index in [-0.39, 0.29) is 17.7 Å². The first-order valence-corrected chi connectivity index (χ1v) is 9.20. The third kappa shape index (κ3) is 3.90. The zero-order valence-corrected chi connectivity index (χ0v) is 16.0. The summed E-state index contributed by atoms with van der Waals surface area (Å²) >= 11 is 0. The van der Waals surface area contributed by atoms with E-state index in [4.69, 9.17) is 10.00 Å². The minimum Gasteiger partial charge on any atom is -0.473 e. The summed E-state index contributed by atoms with van der Waals surface area (Å²) in [6.07, 6.45) is 9.69. The molecule has 2 aromatic heterocycles. The topological polar surface area (TPSA) is 89.5 Å². The van der Waals surface area contributed by atoms with E-state index in [1.807, 2.05) is 36.6 Å². The average Bonchev–Trinajstić information content (AvgIpc) is 3.25. The molecule has 0 radical (unpaired) electrons. The monoisotopic (exact) mass is 364 g/mol. The van der Waals surface area contributed by atoms with Crippen molar-refractivity contribution >= 4 is 5.70 Å². The largest absolute Gasteiger partial charge is 0.473 e. The molecule has 0 saturated heterocycles. The maximum atomic E-state index is 8.83. The molecule has 0 spiro atoms. The van der Waals surface area contributed by atoms with E-state index in [1.54, 1.807) is 0 Å². The zero-order chi connectivity index (χ0) is 19.4. The molecule has 0 aromatic carbocycles. The van der Waals surface area contributed by atoms with Gasteiger partial charge in [-0.25, -0.2) is 9.97 Å². The van der Waals surface area contributed by atoms with Crippen LogP contribution in [-0.2, 0) is 0 Å². The Labute approximate surface area is 159 Å². The molecule has 140 valence electrons. The van der Waals surface area contributed by atoms with E-state index in [0.717, 1.165) is 36.6 Å². The van der Waals surface area contributed by atoms with Crippen molar-refractivity contribution in [2.75, 3.05) is 0 Å². The van der Waals surface area contributed by atoms with Crippen LogP contribution in [0.1, 0.15) is 56.4 Å². The molecular formula is C20H24N6O. The van der Waals surface area contributed by atoms with Gasteiger partial charge in [-0.05, 0) is 38.7 Å². The normalized spacial score (nSPS) is 22.1. The van der Waals surface area contributed by atoms with Crippen molar-refractivity contribution < 1.29 is 4.74 Å². The molecule has 1 aliphatic carbocycles. The van der Waals surface area contributed by atoms with Gasteiger partial charge in [0, 0.05) is 11.6 Å². The summed E-state index contributed by atoms with van der Waals surface area (Å²) in [5, 5.41) is 17.6. The summed E-state index contributed by atoms with van der Waals surface area (Å²) in [5.74, 6) is 2.92. The summed E-state index contributed by atoms with van der Waals surface area (Å²) in [6, 6.07) is 1.96. The predicted octanol–water partition coefficient (Wildman–Crippen LogP) is 3.65. The lowest BCUT2D eigenvalue weighted by Crippen LogP contribution is -2.14. The van der Waals surface area contributed by atoms with Crippen LogP contribution in [0.2, 0.25) is 0 Å². The Hall–Kier alpha value is -3.01. The van der Waals surface area contributed by atoms with Crippen molar-refractivity contribution in [3.8, 4) is 11.9 Å². The second kappa shape index (κ2) is 8.12. The second-order valence-corrected chi connectivity index (χ2v) is 6.77. The minimum atomic E-state index is 0.0302. The van der Waals surface area contributed by atoms with Crippen molar-refractivity contribution in [3.63, 3.8) is 0 Å². The smallest absolute Gasteiger partial charge is 0.232 e. The Balaban J connectivity index is 1.81. The third-order valence-corrected chi connectivity index (χ3v) is 5.03. The van der Waals surface area contributed by atoms with Crippen LogP contribution in [-0.4, -0.2) is 30.8 Å². The van der Waals surface area contributed by atoms with E-state index in [0.29, 0.717) is 11.8 Å². The molecule has 2 heterocycles. The highest BCUT2D eigenvalue weighted by Crippen LogP contribution is 2.42. The Morgan fingerprint density at radius 3 is 2.81 bits per heavy atom. The first-order valence-electron chi connectivity index (χ1n) is 9.20. The van der Waals surface area contributed by atoms with Crippen molar-refractivity contribution in [3.05, 3.63) is 48.5 Å². The number of ether oxygens (including phenoxy) is 1. The lowest BCUT2D eigenvalue weighted by Gasteiger charge is -2.18. The first kappa shape index (κ1) is 18.8. The Morgan fingerprint density at radius 2 is 2.19 bits per heavy atom. The highest BCUT2D eigenvalue weighted by molar-refractivity contribution is 5.55. The van der Waals surface area contributed by atoms with Gasteiger partial charge in [-0.2, -0.15) is 5.26 Å². The van der Waals surface area contributed by atoms with Crippen LogP contribution < -0.4 is 4.74 Å². The van der Waals surface area contributed by atoms with Gasteiger partial charge in [-0.1, -0.05) is 26.0 Å². The maximum absolute atomic E-state index is 8.83. The van der Waals surface area contributed by atoms with E-state index in [9.17, 15) is 0 Å². The number of aromatic nitrogens is 5. The van der Waals surface area contributed by atoms with Crippen LogP contribution in [0.15, 0.2) is 31.1 Å². The van der Waals surface area contributed by atoms with Gasteiger partial charge in [-0.3, -0.25) is 4.57 Å². The highest BCUT2D eigenvalue weighted by Gasteiger charge is 2.39. The molecule has 3 atom stereocenters. The lowest BCUT2D eigenvalue weighted by atomic mass is 9.93. The molecule has 7 nitrogen and oxygen atoms in total. The van der Waals surface area contributed by atoms with Crippen molar-refractivity contribution in [2.45, 2.75) is 52.1 Å². The van der Waals surface area contributed by atoms with Crippen LogP contribution >= 0.6 is 0 Å². The third-order valence-electron chi connectivity index (χ3n) is 5.03. The van der Waals surface area contributed by atoms with E-state index < -0.39 is 0 Å². The number of allylic oxidation sites excluding steroid dienone is 3. The number of rotatable bonds is 6. The van der Waals surface area contributed by atoms with Gasteiger partial charge in [0.25, 0.3) is 0 Å². The summed E-state index contributed by atoms with van der Waals surface area (Å²) in [6.45, 7) is 10.3. The molecule has 27 heavy (non-hydrogen) atoms. The van der Waals surface area contributed by atoms with E-state index >= 15 is 0 Å². The highest BCUT2D eigenvalue weighted by atomic mass is 16.5. The second-order valence-electron chi connectivity index (χ2n) is 6.77. The van der Waals surface area contributed by atoms with Gasteiger partial charge in [0.1, 0.15) is 23.8 Å². The van der Waals surface area contributed by atoms with Crippen LogP contribution in [0, 0.1) is 24.2 Å². The standard InChI is InChI=1S/C20H24N6O/c1-5-7-13(3)26-14(4)24-25-20(26)18-9-17(8-15(18)6-2)27-19-12-22-16(10-21)11-23-19/h5,7,11-12,15,17-18H,3,6,8-9H2,1-2,4H3. The molecule has 0 amide bonds. The molecule has 1 fully saturated rings. The molecular weight excluding hydrogens is 340 g/mol. The summed E-state index contributed by atoms with van der Waals surface area (Å²) in [7, 11) is 0. The van der Waals surface area contributed by atoms with Crippen LogP contribution in [0.3, 0.4) is 0 Å². The van der Waals surface area contributed by atoms with Gasteiger partial charge in [0.05, 0.1) is 12.4 Å². The van der Waals surface area contributed by atoms with Crippen molar-refractivity contribution in [1.29, 1.82) is 5.26 Å². The fourth-order valence-electron chi connectivity index (χ4n) is 3.78. The molecule has 2 aromatic rings. The Morgan fingerprint density at radius 1 is 1.37 bits per heavy atom. The van der Waals surface area contributed by atoms with Gasteiger partial charge < -0.3 is 4.74 Å². The van der Waals surface area contributed by atoms with Crippen molar-refractivity contribution in [2.24, 2.45) is 5.92 Å². The molecule has 0 bridgehead atoms. The Bertz CT molecular complexity index is 877. The van der Waals surface area contributed by atoms with Gasteiger partial charge in [-0.15, -0.1) is 10.2 Å². The zero-order valence-electron chi connectivity index (χ0n) is 16.0. The molecule has 0 N–H and O–H groups in total. The lowest BCUT2D eigenvalue weighted by molar-refractivity contribution is 0.194. The number of hydrogen-bond donors (Lipinski definition) is 0. The number of hydrogen-bond acceptors (Lipinski definition) is 6. The molecule has 3 rings (SSSR count). The average molecular weight is 364 g/mol. The first-order chi connectivity index (χ1) is 13.1. The molecule has 1 aliphatic rings. The number of nitriles is 1. The van der Waals surface area contributed by atoms with Crippen LogP contribution in [0.5, 0.6) is 5.88 Å². The molecule has 1 saturated carbocycles. The summed E-state index contributed by atoms with van der Waals surface area (Å²) < 4.78 is 8.08. The quantitative estimate of drug-likeness (QED) is 0.727. The minimum absolute atomic E-state index is 0.0302. The van der Waals surface area contributed by atoms with Crippen LogP contribution in [0.25, 0.3) is 5.70 Å². The fraction of sp³-hybridized carbons (Fsp3) is 0.450. The van der Waals surface area contributed by atoms with E-state index in [1.165, 1.54) is 12.4 Å². The van der Waals surface area contributed by atoms with Gasteiger partial charge in [0.2, 0.25) is 5.88 Å². The number of aryl methyl sites for hydroxylation is 1. The molecule has 7 heteroatoms. The van der Waals surface area contributed by atoms with Gasteiger partial charge in [0.15, 0.2) is 5.69 Å². The molecule has 3 unspecified atom stereocenters. The van der Waals surface area contributed by atoms with Gasteiger partial charge >= 0.3 is 0 Å². The predicted molar refractivity (Wildman–Crippen MR) is 102 cm³/mol. The number of nitrogens with zero attached hydrogens (tertiary/aromatic N) is 6. The Kier molecular flexibility index (Phi) is 5.65. The van der Waals surface area contributed by atoms with Crippen molar-refractivity contribution in [1.82, 2.24) is 24.7 Å². The molecule has 0 aliphatic heterocycles. The SMILES string of the molecule is C=C(C=CC)n1c(C)nnc1C1CC(Oc2cnc(C#N)cn2)CC1CC.